The summed E-state index contributed by atoms with van der Waals surface area (Å²) in [6, 6.07) is 0.0404. The molecule has 1 fully saturated rings. The van der Waals surface area contributed by atoms with Crippen molar-refractivity contribution in [2.45, 2.75) is 46.6 Å². The van der Waals surface area contributed by atoms with Gasteiger partial charge in [-0.1, -0.05) is 20.8 Å². The van der Waals surface area contributed by atoms with E-state index in [0.717, 1.165) is 6.42 Å². The molecule has 0 aromatic heterocycles. The van der Waals surface area contributed by atoms with Gasteiger partial charge in [0.15, 0.2) is 0 Å². The van der Waals surface area contributed by atoms with Crippen LogP contribution in [0.2, 0.25) is 0 Å². The molecule has 1 saturated heterocycles. The first-order valence-corrected chi connectivity index (χ1v) is 6.89. The summed E-state index contributed by atoms with van der Waals surface area (Å²) in [7, 11) is 1.79. The third-order valence-corrected chi connectivity index (χ3v) is 4.18. The molecule has 5 nitrogen and oxygen atoms in total. The van der Waals surface area contributed by atoms with Gasteiger partial charge in [0, 0.05) is 26.2 Å². The van der Waals surface area contributed by atoms with Crippen molar-refractivity contribution in [1.29, 1.82) is 0 Å². The van der Waals surface area contributed by atoms with Gasteiger partial charge in [0.25, 0.3) is 0 Å². The molecule has 1 aliphatic heterocycles. The van der Waals surface area contributed by atoms with E-state index in [1.807, 2.05) is 6.92 Å². The van der Waals surface area contributed by atoms with E-state index in [1.165, 1.54) is 0 Å². The third-order valence-electron chi connectivity index (χ3n) is 4.18. The summed E-state index contributed by atoms with van der Waals surface area (Å²) in [5, 5.41) is 9.06. The van der Waals surface area contributed by atoms with Crippen LogP contribution in [-0.2, 0) is 4.79 Å². The van der Waals surface area contributed by atoms with Crippen molar-refractivity contribution < 1.29 is 14.7 Å². The fourth-order valence-electron chi connectivity index (χ4n) is 2.32. The molecule has 1 rings (SSSR count). The van der Waals surface area contributed by atoms with Crippen molar-refractivity contribution in [2.75, 3.05) is 20.1 Å². The zero-order valence-corrected chi connectivity index (χ0v) is 12.6. The van der Waals surface area contributed by atoms with Crippen LogP contribution >= 0.6 is 0 Å². The van der Waals surface area contributed by atoms with Gasteiger partial charge < -0.3 is 14.9 Å². The fraction of sp³-hybridized carbons (Fsp3) is 0.857. The summed E-state index contributed by atoms with van der Waals surface area (Å²) >= 11 is 0. The number of hydrogen-bond acceptors (Lipinski definition) is 2. The monoisotopic (exact) mass is 270 g/mol. The van der Waals surface area contributed by atoms with Gasteiger partial charge in [-0.3, -0.25) is 4.79 Å². The zero-order valence-electron chi connectivity index (χ0n) is 12.6. The smallest absolute Gasteiger partial charge is 0.320 e. The molecule has 2 amide bonds. The van der Waals surface area contributed by atoms with E-state index in [4.69, 9.17) is 5.11 Å². The second-order valence-electron chi connectivity index (χ2n) is 6.56. The number of amides is 2. The molecular formula is C14H26N2O3. The number of carbonyl (C=O) groups excluding carboxylic acids is 1. The molecule has 1 heterocycles. The Hall–Kier alpha value is -1.26. The molecular weight excluding hydrogens is 244 g/mol. The highest BCUT2D eigenvalue weighted by Crippen LogP contribution is 2.25. The first kappa shape index (κ1) is 15.8. The van der Waals surface area contributed by atoms with Gasteiger partial charge in [0.1, 0.15) is 0 Å². The van der Waals surface area contributed by atoms with Crippen molar-refractivity contribution in [1.82, 2.24) is 9.80 Å². The van der Waals surface area contributed by atoms with E-state index in [2.05, 4.69) is 20.8 Å². The van der Waals surface area contributed by atoms with Crippen molar-refractivity contribution >= 4 is 12.0 Å². The molecule has 110 valence electrons. The highest BCUT2D eigenvalue weighted by molar-refractivity contribution is 5.76. The highest BCUT2D eigenvalue weighted by atomic mass is 16.4. The third kappa shape index (κ3) is 3.85. The maximum Gasteiger partial charge on any atom is 0.320 e. The maximum absolute atomic E-state index is 12.4. The number of aliphatic carboxylic acids is 1. The molecule has 0 aromatic carbocycles. The van der Waals surface area contributed by atoms with Crippen LogP contribution in [-0.4, -0.2) is 53.1 Å². The second kappa shape index (κ2) is 5.80. The Balaban J connectivity index is 2.69. The summed E-state index contributed by atoms with van der Waals surface area (Å²) in [5.74, 6) is -1.22. The van der Waals surface area contributed by atoms with Gasteiger partial charge in [-0.2, -0.15) is 0 Å². The minimum Gasteiger partial charge on any atom is -0.481 e. The molecule has 0 aliphatic carbocycles. The number of nitrogens with zero attached hydrogens (tertiary/aromatic N) is 2. The molecule has 1 unspecified atom stereocenters. The summed E-state index contributed by atoms with van der Waals surface area (Å²) in [5.41, 5.74) is 0.00635. The summed E-state index contributed by atoms with van der Waals surface area (Å²) in [4.78, 5) is 26.8. The number of carboxylic acid groups (broad SMARTS) is 1. The molecule has 0 aromatic rings. The molecule has 1 aliphatic rings. The van der Waals surface area contributed by atoms with Crippen LogP contribution in [0.25, 0.3) is 0 Å². The lowest BCUT2D eigenvalue weighted by molar-refractivity contribution is -0.143. The van der Waals surface area contributed by atoms with Crippen molar-refractivity contribution in [3.8, 4) is 0 Å². The topological polar surface area (TPSA) is 60.9 Å². The molecule has 1 N–H and O–H groups in total. The first-order valence-electron chi connectivity index (χ1n) is 6.89. The lowest BCUT2D eigenvalue weighted by Crippen LogP contribution is -2.52. The van der Waals surface area contributed by atoms with Gasteiger partial charge >= 0.3 is 12.0 Å². The Labute approximate surface area is 115 Å². The number of piperidine rings is 1. The number of carboxylic acids is 1. The van der Waals surface area contributed by atoms with E-state index >= 15 is 0 Å². The molecule has 0 bridgehead atoms. The Morgan fingerprint density at radius 1 is 1.37 bits per heavy atom. The highest BCUT2D eigenvalue weighted by Gasteiger charge is 2.33. The predicted octanol–water partition coefficient (Wildman–Crippen LogP) is 2.27. The average Bonchev–Trinajstić information content (AvgIpc) is 2.35. The van der Waals surface area contributed by atoms with Crippen LogP contribution in [0.5, 0.6) is 0 Å². The minimum absolute atomic E-state index is 0.00635. The maximum atomic E-state index is 12.4. The predicted molar refractivity (Wildman–Crippen MR) is 74.0 cm³/mol. The summed E-state index contributed by atoms with van der Waals surface area (Å²) < 4.78 is 0. The Kier molecular flexibility index (Phi) is 4.82. The molecule has 0 radical (unpaired) electrons. The molecule has 0 spiro atoms. The van der Waals surface area contributed by atoms with Crippen molar-refractivity contribution in [2.24, 2.45) is 11.3 Å². The van der Waals surface area contributed by atoms with E-state index in [1.54, 1.807) is 16.8 Å². The fourth-order valence-corrected chi connectivity index (χ4v) is 2.32. The van der Waals surface area contributed by atoms with Gasteiger partial charge in [0.05, 0.1) is 5.92 Å². The van der Waals surface area contributed by atoms with Crippen LogP contribution in [0, 0.1) is 11.3 Å². The van der Waals surface area contributed by atoms with E-state index in [9.17, 15) is 9.59 Å². The number of rotatable bonds is 2. The molecule has 0 saturated carbocycles. The molecule has 2 atom stereocenters. The van der Waals surface area contributed by atoms with Gasteiger partial charge in [-0.15, -0.1) is 0 Å². The number of likely N-dealkylation sites (tertiary alicyclic amines) is 1. The van der Waals surface area contributed by atoms with Gasteiger partial charge in [-0.05, 0) is 25.2 Å². The Morgan fingerprint density at radius 3 is 2.42 bits per heavy atom. The average molecular weight is 270 g/mol. The lowest BCUT2D eigenvalue weighted by Gasteiger charge is -2.40. The number of urea groups is 1. The zero-order chi connectivity index (χ0) is 14.8. The minimum atomic E-state index is -0.802. The quantitative estimate of drug-likeness (QED) is 0.837. The lowest BCUT2D eigenvalue weighted by atomic mass is 9.87. The molecule has 19 heavy (non-hydrogen) atoms. The number of carbonyl (C=O) groups is 2. The Bertz CT molecular complexity index is 349. The van der Waals surface area contributed by atoms with E-state index in [-0.39, 0.29) is 17.5 Å². The van der Waals surface area contributed by atoms with Crippen LogP contribution in [0.1, 0.15) is 40.5 Å². The van der Waals surface area contributed by atoms with Crippen LogP contribution in [0.3, 0.4) is 0 Å². The first-order chi connectivity index (χ1) is 8.64. The largest absolute Gasteiger partial charge is 0.481 e. The van der Waals surface area contributed by atoms with E-state index in [0.29, 0.717) is 19.5 Å². The Morgan fingerprint density at radius 2 is 1.95 bits per heavy atom. The summed E-state index contributed by atoms with van der Waals surface area (Å²) in [6.07, 6.45) is 1.43. The van der Waals surface area contributed by atoms with Crippen molar-refractivity contribution in [3.05, 3.63) is 0 Å². The second-order valence-corrected chi connectivity index (χ2v) is 6.56. The SMILES string of the molecule is CC(N(C)C(=O)N1CCC[C@H](C(=O)O)C1)C(C)(C)C. The normalized spacial score (nSPS) is 21.9. The van der Waals surface area contributed by atoms with Gasteiger partial charge in [-0.25, -0.2) is 4.79 Å². The number of hydrogen-bond donors (Lipinski definition) is 1. The van der Waals surface area contributed by atoms with Gasteiger partial charge in [0.2, 0.25) is 0 Å². The van der Waals surface area contributed by atoms with E-state index < -0.39 is 11.9 Å². The van der Waals surface area contributed by atoms with Crippen molar-refractivity contribution in [3.63, 3.8) is 0 Å². The molecule has 5 heteroatoms. The van der Waals surface area contributed by atoms with Crippen LogP contribution in [0.15, 0.2) is 0 Å². The van der Waals surface area contributed by atoms with Crippen LogP contribution < -0.4 is 0 Å². The standard InChI is InChI=1S/C14H26N2O3/c1-10(14(2,3)4)15(5)13(19)16-8-6-7-11(9-16)12(17)18/h10-11H,6-9H2,1-5H3,(H,17,18)/t10?,11-/m0/s1. The summed E-state index contributed by atoms with van der Waals surface area (Å²) in [6.45, 7) is 9.29. The van der Waals surface area contributed by atoms with Crippen LogP contribution in [0.4, 0.5) is 4.79 Å².